The van der Waals surface area contributed by atoms with Crippen molar-refractivity contribution in [3.63, 3.8) is 0 Å². The van der Waals surface area contributed by atoms with Gasteiger partial charge in [0.25, 0.3) is 0 Å². The van der Waals surface area contributed by atoms with Gasteiger partial charge in [0, 0.05) is 12.5 Å². The predicted molar refractivity (Wildman–Crippen MR) is 80.0 cm³/mol. The number of benzene rings is 1. The Morgan fingerprint density at radius 1 is 1.10 bits per heavy atom. The van der Waals surface area contributed by atoms with Crippen LogP contribution in [-0.4, -0.2) is 26.4 Å². The van der Waals surface area contributed by atoms with Crippen molar-refractivity contribution in [2.75, 3.05) is 26.4 Å². The molecule has 2 N–H and O–H groups in total. The summed E-state index contributed by atoms with van der Waals surface area (Å²) < 4.78 is 11.7. The molecule has 3 heteroatoms. The van der Waals surface area contributed by atoms with Crippen LogP contribution in [0.4, 0.5) is 0 Å². The summed E-state index contributed by atoms with van der Waals surface area (Å²) in [6.07, 6.45) is 4.94. The van der Waals surface area contributed by atoms with Crippen molar-refractivity contribution in [2.45, 2.75) is 31.6 Å². The Labute approximate surface area is 121 Å². The zero-order valence-electron chi connectivity index (χ0n) is 12.1. The number of hydrogen-bond acceptors (Lipinski definition) is 3. The lowest BCUT2D eigenvalue weighted by atomic mass is 9.93. The molecule has 20 heavy (non-hydrogen) atoms. The van der Waals surface area contributed by atoms with Gasteiger partial charge in [-0.3, -0.25) is 0 Å². The SMILES string of the molecule is NCC1CCCC1COCC1CCOc2ccccc21. The number of nitrogens with two attached hydrogens (primary N) is 1. The van der Waals surface area contributed by atoms with Crippen molar-refractivity contribution in [2.24, 2.45) is 17.6 Å². The lowest BCUT2D eigenvalue weighted by Gasteiger charge is -2.26. The minimum atomic E-state index is 0.484. The molecule has 3 atom stereocenters. The van der Waals surface area contributed by atoms with Gasteiger partial charge in [0.05, 0.1) is 13.2 Å². The molecular formula is C17H25NO2. The molecule has 0 saturated heterocycles. The first-order chi connectivity index (χ1) is 9.88. The zero-order valence-corrected chi connectivity index (χ0v) is 12.1. The van der Waals surface area contributed by atoms with Gasteiger partial charge in [-0.1, -0.05) is 24.6 Å². The van der Waals surface area contributed by atoms with Gasteiger partial charge < -0.3 is 15.2 Å². The molecule has 0 bridgehead atoms. The Kier molecular flexibility index (Phi) is 4.58. The van der Waals surface area contributed by atoms with Crippen LogP contribution < -0.4 is 10.5 Å². The molecule has 110 valence electrons. The first-order valence-corrected chi connectivity index (χ1v) is 7.88. The van der Waals surface area contributed by atoms with Crippen molar-refractivity contribution in [1.82, 2.24) is 0 Å². The number of ether oxygens (including phenoxy) is 2. The Morgan fingerprint density at radius 3 is 2.85 bits per heavy atom. The third-order valence-electron chi connectivity index (χ3n) is 4.85. The monoisotopic (exact) mass is 275 g/mol. The second-order valence-electron chi connectivity index (χ2n) is 6.10. The van der Waals surface area contributed by atoms with E-state index in [1.165, 1.54) is 24.8 Å². The summed E-state index contributed by atoms with van der Waals surface area (Å²) in [5.41, 5.74) is 7.14. The summed E-state index contributed by atoms with van der Waals surface area (Å²) in [6, 6.07) is 8.35. The highest BCUT2D eigenvalue weighted by Gasteiger charge is 2.27. The fraction of sp³-hybridized carbons (Fsp3) is 0.647. The van der Waals surface area contributed by atoms with E-state index in [9.17, 15) is 0 Å². The highest BCUT2D eigenvalue weighted by molar-refractivity contribution is 5.37. The van der Waals surface area contributed by atoms with Crippen LogP contribution in [0.2, 0.25) is 0 Å². The second-order valence-corrected chi connectivity index (χ2v) is 6.10. The molecule has 3 unspecified atom stereocenters. The van der Waals surface area contributed by atoms with E-state index < -0.39 is 0 Å². The highest BCUT2D eigenvalue weighted by atomic mass is 16.5. The molecule has 1 fully saturated rings. The standard InChI is InChI=1S/C17H25NO2/c18-10-13-4-3-5-14(13)11-19-12-15-8-9-20-17-7-2-1-6-16(15)17/h1-2,6-7,13-15H,3-5,8-12,18H2. The minimum Gasteiger partial charge on any atom is -0.493 e. The van der Waals surface area contributed by atoms with Gasteiger partial charge in [0.1, 0.15) is 5.75 Å². The van der Waals surface area contributed by atoms with E-state index in [2.05, 4.69) is 18.2 Å². The Morgan fingerprint density at radius 2 is 1.95 bits per heavy atom. The quantitative estimate of drug-likeness (QED) is 0.898. The van der Waals surface area contributed by atoms with Crippen molar-refractivity contribution in [3.8, 4) is 5.75 Å². The average Bonchev–Trinajstić information content (AvgIpc) is 2.95. The first-order valence-electron chi connectivity index (χ1n) is 7.88. The summed E-state index contributed by atoms with van der Waals surface area (Å²) in [5.74, 6) is 2.87. The van der Waals surface area contributed by atoms with E-state index >= 15 is 0 Å². The molecule has 2 aliphatic rings. The lowest BCUT2D eigenvalue weighted by Crippen LogP contribution is -2.24. The van der Waals surface area contributed by atoms with Gasteiger partial charge in [-0.25, -0.2) is 0 Å². The normalized spacial score (nSPS) is 28.9. The van der Waals surface area contributed by atoms with Crippen LogP contribution in [0, 0.1) is 11.8 Å². The third kappa shape index (κ3) is 2.99. The van der Waals surface area contributed by atoms with Crippen LogP contribution in [0.3, 0.4) is 0 Å². The maximum absolute atomic E-state index is 6.03. The Bertz CT molecular complexity index is 435. The number of rotatable bonds is 5. The molecule has 0 radical (unpaired) electrons. The second kappa shape index (κ2) is 6.59. The number of fused-ring (bicyclic) bond motifs is 1. The van der Waals surface area contributed by atoms with Gasteiger partial charge in [-0.2, -0.15) is 0 Å². The smallest absolute Gasteiger partial charge is 0.122 e. The fourth-order valence-corrected chi connectivity index (χ4v) is 3.59. The van der Waals surface area contributed by atoms with E-state index in [4.69, 9.17) is 15.2 Å². The summed E-state index contributed by atoms with van der Waals surface area (Å²) in [6.45, 7) is 3.31. The van der Waals surface area contributed by atoms with Crippen LogP contribution in [-0.2, 0) is 4.74 Å². The molecule has 1 aliphatic heterocycles. The van der Waals surface area contributed by atoms with Crippen LogP contribution in [0.15, 0.2) is 24.3 Å². The van der Waals surface area contributed by atoms with E-state index in [-0.39, 0.29) is 0 Å². The summed E-state index contributed by atoms with van der Waals surface area (Å²) >= 11 is 0. The summed E-state index contributed by atoms with van der Waals surface area (Å²) in [4.78, 5) is 0. The van der Waals surface area contributed by atoms with Crippen LogP contribution in [0.1, 0.15) is 37.2 Å². The molecule has 3 rings (SSSR count). The van der Waals surface area contributed by atoms with Crippen molar-refractivity contribution in [1.29, 1.82) is 0 Å². The molecule has 1 saturated carbocycles. The maximum atomic E-state index is 6.03. The fourth-order valence-electron chi connectivity index (χ4n) is 3.59. The van der Waals surface area contributed by atoms with E-state index in [0.29, 0.717) is 17.8 Å². The van der Waals surface area contributed by atoms with Gasteiger partial charge in [-0.05, 0) is 49.3 Å². The molecule has 0 aromatic heterocycles. The van der Waals surface area contributed by atoms with Crippen LogP contribution in [0.25, 0.3) is 0 Å². The number of para-hydroxylation sites is 1. The predicted octanol–water partition coefficient (Wildman–Crippen LogP) is 2.94. The molecule has 1 heterocycles. The van der Waals surface area contributed by atoms with Gasteiger partial charge in [0.2, 0.25) is 0 Å². The molecule has 0 amide bonds. The molecule has 0 spiro atoms. The van der Waals surface area contributed by atoms with Crippen LogP contribution in [0.5, 0.6) is 5.75 Å². The highest BCUT2D eigenvalue weighted by Crippen LogP contribution is 2.35. The molecular weight excluding hydrogens is 250 g/mol. The Balaban J connectivity index is 1.52. The Hall–Kier alpha value is -1.06. The molecule has 3 nitrogen and oxygen atoms in total. The summed E-state index contributed by atoms with van der Waals surface area (Å²) in [5, 5.41) is 0. The summed E-state index contributed by atoms with van der Waals surface area (Å²) in [7, 11) is 0. The van der Waals surface area contributed by atoms with Crippen LogP contribution >= 0.6 is 0 Å². The van der Waals surface area contributed by atoms with Gasteiger partial charge >= 0.3 is 0 Å². The van der Waals surface area contributed by atoms with E-state index in [1.54, 1.807) is 0 Å². The average molecular weight is 275 g/mol. The van der Waals surface area contributed by atoms with Gasteiger partial charge in [0.15, 0.2) is 0 Å². The van der Waals surface area contributed by atoms with Gasteiger partial charge in [-0.15, -0.1) is 0 Å². The maximum Gasteiger partial charge on any atom is 0.122 e. The van der Waals surface area contributed by atoms with E-state index in [0.717, 1.165) is 38.5 Å². The topological polar surface area (TPSA) is 44.5 Å². The molecule has 1 aromatic carbocycles. The van der Waals surface area contributed by atoms with E-state index in [1.807, 2.05) is 6.07 Å². The van der Waals surface area contributed by atoms with Crippen molar-refractivity contribution in [3.05, 3.63) is 29.8 Å². The van der Waals surface area contributed by atoms with Crippen molar-refractivity contribution >= 4 is 0 Å². The lowest BCUT2D eigenvalue weighted by molar-refractivity contribution is 0.0681. The minimum absolute atomic E-state index is 0.484. The zero-order chi connectivity index (χ0) is 13.8. The largest absolute Gasteiger partial charge is 0.493 e. The first kappa shape index (κ1) is 13.9. The third-order valence-corrected chi connectivity index (χ3v) is 4.85. The molecule has 1 aliphatic carbocycles. The number of hydrogen-bond donors (Lipinski definition) is 1. The van der Waals surface area contributed by atoms with Crippen molar-refractivity contribution < 1.29 is 9.47 Å². The molecule has 1 aromatic rings.